The molecule has 0 saturated heterocycles. The molecule has 0 aliphatic carbocycles. The van der Waals surface area contributed by atoms with Gasteiger partial charge in [-0.05, 0) is 42.8 Å². The molecule has 0 spiro atoms. The van der Waals surface area contributed by atoms with Crippen molar-refractivity contribution in [3.8, 4) is 0 Å². The first kappa shape index (κ1) is 15.5. The Morgan fingerprint density at radius 3 is 2.33 bits per heavy atom. The number of sulfone groups is 1. The summed E-state index contributed by atoms with van der Waals surface area (Å²) in [7, 11) is -3.68. The fraction of sp³-hybridized carbons (Fsp3) is 0.133. The van der Waals surface area contributed by atoms with E-state index in [0.29, 0.717) is 10.7 Å². The first-order valence-corrected chi connectivity index (χ1v) is 8.25. The minimum atomic E-state index is -3.68. The van der Waals surface area contributed by atoms with Crippen molar-refractivity contribution in [2.24, 2.45) is 0 Å². The van der Waals surface area contributed by atoms with Gasteiger partial charge in [0.1, 0.15) is 5.75 Å². The molecule has 6 heteroatoms. The smallest absolute Gasteiger partial charge is 0.239 e. The van der Waals surface area contributed by atoms with Crippen LogP contribution in [0.3, 0.4) is 0 Å². The molecule has 0 unspecified atom stereocenters. The molecule has 1 amide bonds. The summed E-state index contributed by atoms with van der Waals surface area (Å²) in [6, 6.07) is 12.9. The highest BCUT2D eigenvalue weighted by Gasteiger charge is 2.19. The van der Waals surface area contributed by atoms with Gasteiger partial charge in [-0.3, -0.25) is 4.79 Å². The van der Waals surface area contributed by atoms with Gasteiger partial charge in [0, 0.05) is 10.7 Å². The van der Waals surface area contributed by atoms with E-state index in [2.05, 4.69) is 5.32 Å². The molecule has 0 heterocycles. The van der Waals surface area contributed by atoms with Crippen molar-refractivity contribution in [1.29, 1.82) is 0 Å². The predicted molar refractivity (Wildman–Crippen MR) is 83.3 cm³/mol. The standard InChI is InChI=1S/C15H14ClNO3S/c1-11-4-2-3-5-14(11)17-15(18)10-21(19,20)13-8-6-12(16)7-9-13/h2-9H,10H2,1H3,(H,17,18). The Hall–Kier alpha value is -1.85. The number of hydrogen-bond acceptors (Lipinski definition) is 3. The van der Waals surface area contributed by atoms with Gasteiger partial charge in [-0.1, -0.05) is 29.8 Å². The molecule has 0 aliphatic heterocycles. The molecule has 110 valence electrons. The zero-order valence-electron chi connectivity index (χ0n) is 11.3. The van der Waals surface area contributed by atoms with Crippen molar-refractivity contribution < 1.29 is 13.2 Å². The number of amides is 1. The lowest BCUT2D eigenvalue weighted by molar-refractivity contribution is -0.113. The summed E-state index contributed by atoms with van der Waals surface area (Å²) >= 11 is 5.72. The van der Waals surface area contributed by atoms with E-state index in [0.717, 1.165) is 5.56 Å². The summed E-state index contributed by atoms with van der Waals surface area (Å²) in [6.07, 6.45) is 0. The van der Waals surface area contributed by atoms with Gasteiger partial charge in [0.25, 0.3) is 0 Å². The zero-order chi connectivity index (χ0) is 15.5. The highest BCUT2D eigenvalue weighted by Crippen LogP contribution is 2.17. The summed E-state index contributed by atoms with van der Waals surface area (Å²) in [5, 5.41) is 3.05. The molecule has 0 atom stereocenters. The third kappa shape index (κ3) is 4.06. The number of benzene rings is 2. The first-order valence-electron chi connectivity index (χ1n) is 6.22. The highest BCUT2D eigenvalue weighted by molar-refractivity contribution is 7.92. The van der Waals surface area contributed by atoms with Crippen LogP contribution in [0, 0.1) is 6.92 Å². The first-order chi connectivity index (χ1) is 9.88. The molecule has 2 rings (SSSR count). The van der Waals surface area contributed by atoms with Gasteiger partial charge in [0.15, 0.2) is 9.84 Å². The van der Waals surface area contributed by atoms with E-state index in [1.54, 1.807) is 12.1 Å². The summed E-state index contributed by atoms with van der Waals surface area (Å²) in [5.74, 6) is -1.18. The van der Waals surface area contributed by atoms with Crippen LogP contribution < -0.4 is 5.32 Å². The van der Waals surface area contributed by atoms with E-state index >= 15 is 0 Å². The number of nitrogens with one attached hydrogen (secondary N) is 1. The van der Waals surface area contributed by atoms with Crippen molar-refractivity contribution in [1.82, 2.24) is 0 Å². The van der Waals surface area contributed by atoms with Crippen LogP contribution in [0.2, 0.25) is 5.02 Å². The Balaban J connectivity index is 2.12. The third-order valence-electron chi connectivity index (χ3n) is 2.91. The van der Waals surface area contributed by atoms with Gasteiger partial charge < -0.3 is 5.32 Å². The minimum absolute atomic E-state index is 0.0758. The lowest BCUT2D eigenvalue weighted by atomic mass is 10.2. The Morgan fingerprint density at radius 1 is 1.10 bits per heavy atom. The second kappa shape index (κ2) is 6.28. The number of anilines is 1. The topological polar surface area (TPSA) is 63.2 Å². The Labute approximate surface area is 128 Å². The van der Waals surface area contributed by atoms with Gasteiger partial charge in [-0.25, -0.2) is 8.42 Å². The second-order valence-electron chi connectivity index (χ2n) is 4.58. The van der Waals surface area contributed by atoms with Crippen LogP contribution in [0.1, 0.15) is 5.56 Å². The fourth-order valence-corrected chi connectivity index (χ4v) is 3.06. The summed E-state index contributed by atoms with van der Waals surface area (Å²) < 4.78 is 24.3. The number of halogens is 1. The van der Waals surface area contributed by atoms with Crippen molar-refractivity contribution in [2.45, 2.75) is 11.8 Å². The van der Waals surface area contributed by atoms with E-state index in [4.69, 9.17) is 11.6 Å². The molecule has 2 aromatic carbocycles. The average Bonchev–Trinajstić information content (AvgIpc) is 2.41. The summed E-state index contributed by atoms with van der Waals surface area (Å²) in [5.41, 5.74) is 1.48. The molecule has 0 bridgehead atoms. The maximum Gasteiger partial charge on any atom is 0.239 e. The minimum Gasteiger partial charge on any atom is -0.325 e. The summed E-state index contributed by atoms with van der Waals surface area (Å²) in [4.78, 5) is 12.0. The van der Waals surface area contributed by atoms with E-state index in [9.17, 15) is 13.2 Å². The highest BCUT2D eigenvalue weighted by atomic mass is 35.5. The molecule has 1 N–H and O–H groups in total. The van der Waals surface area contributed by atoms with E-state index < -0.39 is 21.5 Å². The normalized spacial score (nSPS) is 11.1. The van der Waals surface area contributed by atoms with E-state index in [1.807, 2.05) is 19.1 Å². The van der Waals surface area contributed by atoms with Crippen molar-refractivity contribution >= 4 is 33.0 Å². The fourth-order valence-electron chi connectivity index (χ4n) is 1.80. The van der Waals surface area contributed by atoms with Crippen LogP contribution in [-0.4, -0.2) is 20.1 Å². The number of para-hydroxylation sites is 1. The van der Waals surface area contributed by atoms with E-state index in [-0.39, 0.29) is 4.90 Å². The van der Waals surface area contributed by atoms with Crippen LogP contribution in [0.5, 0.6) is 0 Å². The third-order valence-corrected chi connectivity index (χ3v) is 4.80. The second-order valence-corrected chi connectivity index (χ2v) is 7.00. The molecule has 0 aromatic heterocycles. The molecule has 2 aromatic rings. The predicted octanol–water partition coefficient (Wildman–Crippen LogP) is 3.06. The quantitative estimate of drug-likeness (QED) is 0.940. The average molecular weight is 324 g/mol. The molecule has 0 radical (unpaired) electrons. The van der Waals surface area contributed by atoms with Crippen LogP contribution in [0.4, 0.5) is 5.69 Å². The largest absolute Gasteiger partial charge is 0.325 e. The van der Waals surface area contributed by atoms with Gasteiger partial charge in [-0.2, -0.15) is 0 Å². The van der Waals surface area contributed by atoms with Crippen molar-refractivity contribution in [3.63, 3.8) is 0 Å². The Kier molecular flexibility index (Phi) is 4.65. The number of carbonyl (C=O) groups excluding carboxylic acids is 1. The monoisotopic (exact) mass is 323 g/mol. The number of rotatable bonds is 4. The van der Waals surface area contributed by atoms with Gasteiger partial charge in [0.2, 0.25) is 5.91 Å². The molecule has 4 nitrogen and oxygen atoms in total. The zero-order valence-corrected chi connectivity index (χ0v) is 12.9. The SMILES string of the molecule is Cc1ccccc1NC(=O)CS(=O)(=O)c1ccc(Cl)cc1. The van der Waals surface area contributed by atoms with Crippen LogP contribution in [0.15, 0.2) is 53.4 Å². The van der Waals surface area contributed by atoms with Crippen molar-refractivity contribution in [3.05, 3.63) is 59.1 Å². The Morgan fingerprint density at radius 2 is 1.71 bits per heavy atom. The van der Waals surface area contributed by atoms with Crippen molar-refractivity contribution in [2.75, 3.05) is 11.1 Å². The molecule has 0 aliphatic rings. The van der Waals surface area contributed by atoms with Crippen LogP contribution in [0.25, 0.3) is 0 Å². The number of aryl methyl sites for hydroxylation is 1. The van der Waals surface area contributed by atoms with E-state index in [1.165, 1.54) is 24.3 Å². The molecule has 0 saturated carbocycles. The number of carbonyl (C=O) groups is 1. The van der Waals surface area contributed by atoms with Gasteiger partial charge >= 0.3 is 0 Å². The number of hydrogen-bond donors (Lipinski definition) is 1. The molecule has 21 heavy (non-hydrogen) atoms. The molecular weight excluding hydrogens is 310 g/mol. The Bertz CT molecular complexity index is 755. The summed E-state index contributed by atoms with van der Waals surface area (Å²) in [6.45, 7) is 1.84. The van der Waals surface area contributed by atoms with Crippen LogP contribution in [-0.2, 0) is 14.6 Å². The maximum atomic E-state index is 12.1. The molecule has 0 fully saturated rings. The van der Waals surface area contributed by atoms with Gasteiger partial charge in [-0.15, -0.1) is 0 Å². The van der Waals surface area contributed by atoms with Crippen LogP contribution >= 0.6 is 11.6 Å². The molecular formula is C15H14ClNO3S. The lowest BCUT2D eigenvalue weighted by Gasteiger charge is -2.08. The lowest BCUT2D eigenvalue weighted by Crippen LogP contribution is -2.23. The van der Waals surface area contributed by atoms with Gasteiger partial charge in [0.05, 0.1) is 4.90 Å². The maximum absolute atomic E-state index is 12.1.